The number of carbonyl (C=O) groups is 1. The van der Waals surface area contributed by atoms with Gasteiger partial charge in [-0.05, 0) is 39.2 Å². The van der Waals surface area contributed by atoms with E-state index in [0.29, 0.717) is 25.1 Å². The molecule has 0 amide bonds. The van der Waals surface area contributed by atoms with Crippen molar-refractivity contribution in [3.63, 3.8) is 0 Å². The molecule has 35 heavy (non-hydrogen) atoms. The van der Waals surface area contributed by atoms with Gasteiger partial charge in [0, 0.05) is 43.6 Å². The lowest BCUT2D eigenvalue weighted by molar-refractivity contribution is -0.135. The van der Waals surface area contributed by atoms with Crippen molar-refractivity contribution in [3.8, 4) is 22.2 Å². The molecule has 12 heteroatoms. The first-order chi connectivity index (χ1) is 16.7. The minimum atomic E-state index is -4.65. The molecule has 1 fully saturated rings. The molecule has 0 saturated heterocycles. The largest absolute Gasteiger partial charge is 0.418 e. The number of fused-ring (bicyclic) bond motifs is 1. The highest BCUT2D eigenvalue weighted by atomic mass is 32.1. The number of halogens is 3. The maximum atomic E-state index is 14.5. The van der Waals surface area contributed by atoms with Crippen LogP contribution in [0.25, 0.3) is 32.4 Å². The van der Waals surface area contributed by atoms with Crippen molar-refractivity contribution in [2.45, 2.75) is 51.4 Å². The Morgan fingerprint density at radius 1 is 1.23 bits per heavy atom. The molecule has 5 rings (SSSR count). The average Bonchev–Trinajstić information content (AvgIpc) is 3.57. The third-order valence-electron chi connectivity index (χ3n) is 6.23. The van der Waals surface area contributed by atoms with E-state index in [1.807, 2.05) is 13.8 Å². The topological polar surface area (TPSA) is 90.5 Å². The Kier molecular flexibility index (Phi) is 5.86. The van der Waals surface area contributed by atoms with E-state index < -0.39 is 11.7 Å². The summed E-state index contributed by atoms with van der Waals surface area (Å²) in [4.78, 5) is 24.7. The number of imidazole rings is 1. The van der Waals surface area contributed by atoms with E-state index in [9.17, 15) is 18.0 Å². The first kappa shape index (κ1) is 23.5. The zero-order valence-corrected chi connectivity index (χ0v) is 20.2. The fourth-order valence-corrected chi connectivity index (χ4v) is 5.61. The molecule has 8 nitrogen and oxygen atoms in total. The number of aryl methyl sites for hydroxylation is 1. The van der Waals surface area contributed by atoms with Gasteiger partial charge in [0.15, 0.2) is 11.6 Å². The van der Waals surface area contributed by atoms with Gasteiger partial charge in [-0.15, -0.1) is 11.3 Å². The Balaban J connectivity index is 1.73. The Bertz CT molecular complexity index is 1390. The van der Waals surface area contributed by atoms with E-state index in [2.05, 4.69) is 25.4 Å². The van der Waals surface area contributed by atoms with Crippen molar-refractivity contribution < 1.29 is 18.0 Å². The molecule has 1 aliphatic rings. The van der Waals surface area contributed by atoms with Crippen LogP contribution >= 0.6 is 11.3 Å². The summed E-state index contributed by atoms with van der Waals surface area (Å²) in [5.74, 6) is 0.660. The predicted octanol–water partition coefficient (Wildman–Crippen LogP) is 5.33. The zero-order chi connectivity index (χ0) is 24.9. The van der Waals surface area contributed by atoms with Gasteiger partial charge in [0.1, 0.15) is 22.6 Å². The first-order valence-corrected chi connectivity index (χ1v) is 12.1. The van der Waals surface area contributed by atoms with Gasteiger partial charge in [-0.25, -0.2) is 15.0 Å². The van der Waals surface area contributed by atoms with Gasteiger partial charge in [-0.1, -0.05) is 0 Å². The van der Waals surface area contributed by atoms with Gasteiger partial charge in [-0.3, -0.25) is 4.68 Å². The van der Waals surface area contributed by atoms with Gasteiger partial charge >= 0.3 is 6.18 Å². The Labute approximate surface area is 203 Å². The molecule has 2 atom stereocenters. The van der Waals surface area contributed by atoms with Crippen LogP contribution < -0.4 is 5.32 Å². The number of nitrogens with zero attached hydrogens (tertiary/aromatic N) is 6. The molecule has 1 N–H and O–H groups in total. The number of aromatic nitrogens is 6. The van der Waals surface area contributed by atoms with E-state index in [0.717, 1.165) is 17.6 Å². The van der Waals surface area contributed by atoms with Crippen LogP contribution in [0.4, 0.5) is 19.0 Å². The molecule has 0 aliphatic heterocycles. The van der Waals surface area contributed by atoms with Crippen molar-refractivity contribution in [3.05, 3.63) is 30.2 Å². The molecule has 0 bridgehead atoms. The molecular weight excluding hydrogens is 479 g/mol. The molecule has 4 aromatic rings. The number of thiophene rings is 1. The van der Waals surface area contributed by atoms with E-state index in [4.69, 9.17) is 0 Å². The van der Waals surface area contributed by atoms with E-state index >= 15 is 0 Å². The molecule has 184 valence electrons. The van der Waals surface area contributed by atoms with Crippen molar-refractivity contribution in [1.82, 2.24) is 29.3 Å². The van der Waals surface area contributed by atoms with Crippen LogP contribution in [0.5, 0.6) is 0 Å². The standard InChI is InChI=1S/C23H24F3N7OS/c1-12(2)33-8-6-15(31-33)18-17(23(24,25)26)16-19(28-14-5-4-13(10-14)11-34)29-20(30-22(16)35-18)21-27-7-9-32(21)3/h6-9,11-14H,4-5,10H2,1-3H3,(H,28,29,30)/t13-,14+/m0/s1. The van der Waals surface area contributed by atoms with Gasteiger partial charge < -0.3 is 14.7 Å². The smallest absolute Gasteiger partial charge is 0.367 e. The summed E-state index contributed by atoms with van der Waals surface area (Å²) >= 11 is 0.943. The molecule has 0 radical (unpaired) electrons. The third-order valence-corrected chi connectivity index (χ3v) is 7.34. The SMILES string of the molecule is CC(C)n1ccc(-c2sc3nc(-c4nccn4C)nc(N[C@@H]4CC[C@H](C=O)C4)c3c2C(F)(F)F)n1. The lowest BCUT2D eigenvalue weighted by Crippen LogP contribution is -2.18. The molecule has 4 aromatic heterocycles. The summed E-state index contributed by atoms with van der Waals surface area (Å²) in [7, 11) is 1.77. The van der Waals surface area contributed by atoms with Crippen LogP contribution in [0.2, 0.25) is 0 Å². The fourth-order valence-electron chi connectivity index (χ4n) is 4.45. The fraction of sp³-hybridized carbons (Fsp3) is 0.435. The van der Waals surface area contributed by atoms with Crippen LogP contribution in [0.3, 0.4) is 0 Å². The quantitative estimate of drug-likeness (QED) is 0.358. The molecule has 4 heterocycles. The maximum absolute atomic E-state index is 14.5. The van der Waals surface area contributed by atoms with Gasteiger partial charge in [0.2, 0.25) is 0 Å². The second-order valence-corrected chi connectivity index (χ2v) is 10.1. The zero-order valence-electron chi connectivity index (χ0n) is 19.4. The highest BCUT2D eigenvalue weighted by Crippen LogP contribution is 2.48. The van der Waals surface area contributed by atoms with Crippen molar-refractivity contribution in [1.29, 1.82) is 0 Å². The Hall–Kier alpha value is -3.28. The van der Waals surface area contributed by atoms with Crippen LogP contribution in [0, 0.1) is 5.92 Å². The minimum absolute atomic E-state index is 0.00145. The van der Waals surface area contributed by atoms with Crippen molar-refractivity contribution in [2.75, 3.05) is 5.32 Å². The van der Waals surface area contributed by atoms with Crippen LogP contribution in [-0.2, 0) is 18.0 Å². The molecule has 0 spiro atoms. The predicted molar refractivity (Wildman–Crippen MR) is 127 cm³/mol. The summed E-state index contributed by atoms with van der Waals surface area (Å²) in [6, 6.07) is 1.43. The second kappa shape index (κ2) is 8.74. The number of anilines is 1. The monoisotopic (exact) mass is 503 g/mol. The number of aldehydes is 1. The number of rotatable bonds is 6. The van der Waals surface area contributed by atoms with Crippen LogP contribution in [0.1, 0.15) is 44.7 Å². The maximum Gasteiger partial charge on any atom is 0.418 e. The molecular formula is C23H24F3N7OS. The van der Waals surface area contributed by atoms with Gasteiger partial charge in [0.25, 0.3) is 0 Å². The molecule has 1 aliphatic carbocycles. The summed E-state index contributed by atoms with van der Waals surface area (Å²) < 4.78 is 47.0. The van der Waals surface area contributed by atoms with Crippen molar-refractivity contribution in [2.24, 2.45) is 13.0 Å². The lowest BCUT2D eigenvalue weighted by atomic mass is 10.1. The number of nitrogens with one attached hydrogen (secondary N) is 1. The van der Waals surface area contributed by atoms with Gasteiger partial charge in [0.05, 0.1) is 15.8 Å². The summed E-state index contributed by atoms with van der Waals surface area (Å²) in [6.07, 6.45) is 3.14. The summed E-state index contributed by atoms with van der Waals surface area (Å²) in [5.41, 5.74) is -0.564. The second-order valence-electron chi connectivity index (χ2n) is 9.07. The highest BCUT2D eigenvalue weighted by molar-refractivity contribution is 7.22. The highest BCUT2D eigenvalue weighted by Gasteiger charge is 2.41. The number of hydrogen-bond acceptors (Lipinski definition) is 7. The minimum Gasteiger partial charge on any atom is -0.367 e. The third kappa shape index (κ3) is 4.30. The van der Waals surface area contributed by atoms with E-state index in [1.165, 1.54) is 0 Å². The first-order valence-electron chi connectivity index (χ1n) is 11.3. The summed E-state index contributed by atoms with van der Waals surface area (Å²) in [5, 5.41) is 7.52. The molecule has 0 aromatic carbocycles. The number of carbonyl (C=O) groups excluding carboxylic acids is 1. The average molecular weight is 504 g/mol. The Morgan fingerprint density at radius 2 is 2.03 bits per heavy atom. The normalized spacial score (nSPS) is 18.6. The molecule has 1 saturated carbocycles. The summed E-state index contributed by atoms with van der Waals surface area (Å²) in [6.45, 7) is 3.82. The van der Waals surface area contributed by atoms with E-state index in [1.54, 1.807) is 41.0 Å². The number of alkyl halides is 3. The lowest BCUT2D eigenvalue weighted by Gasteiger charge is -2.16. The van der Waals surface area contributed by atoms with Crippen molar-refractivity contribution >= 4 is 33.7 Å². The Morgan fingerprint density at radius 3 is 2.63 bits per heavy atom. The number of hydrogen-bond donors (Lipinski definition) is 1. The van der Waals surface area contributed by atoms with Gasteiger partial charge in [-0.2, -0.15) is 18.3 Å². The molecule has 0 unspecified atom stereocenters. The van der Waals surface area contributed by atoms with Crippen LogP contribution in [-0.4, -0.2) is 41.6 Å². The van der Waals surface area contributed by atoms with E-state index in [-0.39, 0.29) is 50.4 Å². The van der Waals surface area contributed by atoms with Crippen LogP contribution in [0.15, 0.2) is 24.7 Å².